The van der Waals surface area contributed by atoms with Crippen molar-refractivity contribution in [1.29, 1.82) is 0 Å². The van der Waals surface area contributed by atoms with Crippen LogP contribution in [0.5, 0.6) is 0 Å². The highest BCUT2D eigenvalue weighted by Crippen LogP contribution is 2.01. The number of imidazole rings is 1. The number of hydrogen-bond donors (Lipinski definition) is 1. The normalized spacial score (nSPS) is 9.27. The number of esters is 1. The quantitative estimate of drug-likeness (QED) is 0.461. The predicted octanol–water partition coefficient (Wildman–Crippen LogP) is 0.878. The molecule has 1 heterocycles. The summed E-state index contributed by atoms with van der Waals surface area (Å²) >= 11 is 4.04. The Morgan fingerprint density at radius 1 is 1.73 bits per heavy atom. The number of nitrogens with zero attached hydrogens (tertiary/aromatic N) is 2. The molecule has 15 heavy (non-hydrogen) atoms. The Balaban J connectivity index is 2.87. The lowest BCUT2D eigenvalue weighted by atomic mass is 10.4. The average Bonchev–Trinajstić information content (AvgIpc) is 2.59. The van der Waals surface area contributed by atoms with E-state index in [2.05, 4.69) is 34.2 Å². The van der Waals surface area contributed by atoms with Crippen LogP contribution in [0.1, 0.15) is 22.7 Å². The maximum absolute atomic E-state index is 11.2. The van der Waals surface area contributed by atoms with E-state index in [-0.39, 0.29) is 5.82 Å². The minimum Gasteiger partial charge on any atom is -0.463 e. The van der Waals surface area contributed by atoms with Crippen LogP contribution in [0.3, 0.4) is 0 Å². The molecule has 0 aliphatic heterocycles. The van der Waals surface area contributed by atoms with E-state index in [1.54, 1.807) is 17.8 Å². The summed E-state index contributed by atoms with van der Waals surface area (Å²) in [5.74, 6) is 6.25. The molecule has 0 aromatic carbocycles. The zero-order valence-corrected chi connectivity index (χ0v) is 9.54. The second kappa shape index (κ2) is 5.47. The van der Waals surface area contributed by atoms with Gasteiger partial charge in [0.25, 0.3) is 0 Å². The van der Waals surface area contributed by atoms with Gasteiger partial charge < -0.3 is 9.30 Å². The van der Waals surface area contributed by atoms with Crippen molar-refractivity contribution in [2.45, 2.75) is 6.42 Å². The smallest absolute Gasteiger partial charge is 0.374 e. The van der Waals surface area contributed by atoms with Crippen LogP contribution in [0.4, 0.5) is 0 Å². The van der Waals surface area contributed by atoms with Crippen molar-refractivity contribution in [3.05, 3.63) is 17.7 Å². The average molecular weight is 224 g/mol. The van der Waals surface area contributed by atoms with Crippen LogP contribution in [0.2, 0.25) is 0 Å². The molecule has 0 aliphatic rings. The van der Waals surface area contributed by atoms with Gasteiger partial charge in [0, 0.05) is 25.4 Å². The van der Waals surface area contributed by atoms with Crippen molar-refractivity contribution < 1.29 is 9.53 Å². The van der Waals surface area contributed by atoms with E-state index in [1.807, 2.05) is 0 Å². The first-order valence-electron chi connectivity index (χ1n) is 4.40. The summed E-state index contributed by atoms with van der Waals surface area (Å²) in [7, 11) is 3.05. The number of rotatable bonds is 2. The maximum Gasteiger partial charge on any atom is 0.374 e. The molecule has 0 bridgehead atoms. The number of aromatic nitrogens is 2. The maximum atomic E-state index is 11.2. The largest absolute Gasteiger partial charge is 0.463 e. The zero-order chi connectivity index (χ0) is 11.3. The topological polar surface area (TPSA) is 44.1 Å². The van der Waals surface area contributed by atoms with E-state index < -0.39 is 5.97 Å². The van der Waals surface area contributed by atoms with Gasteiger partial charge in [-0.15, -0.1) is 0 Å². The van der Waals surface area contributed by atoms with Crippen LogP contribution >= 0.6 is 12.6 Å². The van der Waals surface area contributed by atoms with Gasteiger partial charge in [0.1, 0.15) is 5.69 Å². The summed E-state index contributed by atoms with van der Waals surface area (Å²) in [6.07, 6.45) is 2.39. The molecule has 0 saturated heterocycles. The Morgan fingerprint density at radius 2 is 2.47 bits per heavy atom. The van der Waals surface area contributed by atoms with Crippen LogP contribution in [-0.4, -0.2) is 28.4 Å². The minimum absolute atomic E-state index is 0.257. The van der Waals surface area contributed by atoms with Crippen molar-refractivity contribution in [2.24, 2.45) is 7.05 Å². The van der Waals surface area contributed by atoms with Crippen LogP contribution in [-0.2, 0) is 11.8 Å². The first-order valence-corrected chi connectivity index (χ1v) is 5.03. The van der Waals surface area contributed by atoms with Gasteiger partial charge in [-0.3, -0.25) is 0 Å². The summed E-state index contributed by atoms with van der Waals surface area (Å²) < 4.78 is 6.17. The van der Waals surface area contributed by atoms with Crippen molar-refractivity contribution >= 4 is 18.6 Å². The molecule has 5 heteroatoms. The highest BCUT2D eigenvalue weighted by molar-refractivity contribution is 7.80. The zero-order valence-electron chi connectivity index (χ0n) is 8.65. The Bertz CT molecular complexity index is 415. The molecule has 0 unspecified atom stereocenters. The molecular weight excluding hydrogens is 212 g/mol. The Morgan fingerprint density at radius 3 is 3.07 bits per heavy atom. The second-order valence-electron chi connectivity index (χ2n) is 2.83. The molecule has 0 spiro atoms. The Kier molecular flexibility index (Phi) is 4.25. The van der Waals surface area contributed by atoms with Gasteiger partial charge in [-0.25, -0.2) is 9.78 Å². The predicted molar refractivity (Wildman–Crippen MR) is 59.9 cm³/mol. The van der Waals surface area contributed by atoms with Crippen LogP contribution < -0.4 is 0 Å². The van der Waals surface area contributed by atoms with Gasteiger partial charge in [0.15, 0.2) is 0 Å². The number of ether oxygens (including phenoxy) is 1. The van der Waals surface area contributed by atoms with Gasteiger partial charge in [-0.2, -0.15) is 12.6 Å². The minimum atomic E-state index is -0.459. The van der Waals surface area contributed by atoms with Crippen molar-refractivity contribution in [1.82, 2.24) is 9.55 Å². The van der Waals surface area contributed by atoms with Gasteiger partial charge in [-0.1, -0.05) is 5.92 Å². The summed E-state index contributed by atoms with van der Waals surface area (Å²) in [6.45, 7) is 0. The van der Waals surface area contributed by atoms with E-state index in [4.69, 9.17) is 0 Å². The lowest BCUT2D eigenvalue weighted by Gasteiger charge is -1.96. The first kappa shape index (κ1) is 11.7. The van der Waals surface area contributed by atoms with Crippen molar-refractivity contribution in [3.63, 3.8) is 0 Å². The van der Waals surface area contributed by atoms with Crippen molar-refractivity contribution in [3.8, 4) is 11.8 Å². The van der Waals surface area contributed by atoms with E-state index >= 15 is 0 Å². The number of thiol groups is 1. The second-order valence-corrected chi connectivity index (χ2v) is 3.27. The number of aryl methyl sites for hydroxylation is 1. The number of methoxy groups -OCH3 is 1. The molecule has 1 aromatic heterocycles. The number of carbonyl (C=O) groups is 1. The highest BCUT2D eigenvalue weighted by atomic mass is 32.1. The molecule has 0 N–H and O–H groups in total. The van der Waals surface area contributed by atoms with E-state index in [0.717, 1.165) is 0 Å². The van der Waals surface area contributed by atoms with Gasteiger partial charge >= 0.3 is 5.97 Å². The summed E-state index contributed by atoms with van der Waals surface area (Å²) in [4.78, 5) is 15.3. The molecule has 0 atom stereocenters. The third-order valence-electron chi connectivity index (χ3n) is 1.70. The fourth-order valence-electron chi connectivity index (χ4n) is 1.02. The monoisotopic (exact) mass is 224 g/mol. The van der Waals surface area contributed by atoms with Crippen LogP contribution in [0.25, 0.3) is 0 Å². The number of hydrogen-bond acceptors (Lipinski definition) is 4. The highest BCUT2D eigenvalue weighted by Gasteiger charge is 2.12. The molecule has 0 fully saturated rings. The van der Waals surface area contributed by atoms with Crippen molar-refractivity contribution in [2.75, 3.05) is 12.9 Å². The number of carbonyl (C=O) groups excluding carboxylic acids is 1. The van der Waals surface area contributed by atoms with Gasteiger partial charge in [0.2, 0.25) is 5.82 Å². The summed E-state index contributed by atoms with van der Waals surface area (Å²) in [5, 5.41) is 0. The molecule has 0 aliphatic carbocycles. The fourth-order valence-corrected chi connectivity index (χ4v) is 1.13. The molecule has 80 valence electrons. The summed E-state index contributed by atoms with van der Waals surface area (Å²) in [6, 6.07) is 0. The standard InChI is InChI=1S/C10H12N2O2S/c1-12-7-8(5-3-4-6-15)11-9(12)10(13)14-2/h7,15H,4,6H2,1-2H3. The third kappa shape index (κ3) is 3.03. The van der Waals surface area contributed by atoms with E-state index in [1.165, 1.54) is 7.11 Å². The van der Waals surface area contributed by atoms with Gasteiger partial charge in [0.05, 0.1) is 7.11 Å². The lowest BCUT2D eigenvalue weighted by Crippen LogP contribution is -2.08. The summed E-state index contributed by atoms with van der Waals surface area (Å²) in [5.41, 5.74) is 0.569. The molecule has 0 radical (unpaired) electrons. The van der Waals surface area contributed by atoms with E-state index in [9.17, 15) is 4.79 Å². The molecule has 0 saturated carbocycles. The third-order valence-corrected chi connectivity index (χ3v) is 1.92. The molecule has 1 aromatic rings. The van der Waals surface area contributed by atoms with Crippen LogP contribution in [0.15, 0.2) is 6.20 Å². The molecule has 4 nitrogen and oxygen atoms in total. The lowest BCUT2D eigenvalue weighted by molar-refractivity contribution is 0.0582. The van der Waals surface area contributed by atoms with Crippen LogP contribution in [0, 0.1) is 11.8 Å². The SMILES string of the molecule is COC(=O)c1nc(C#CCCS)cn1C. The first-order chi connectivity index (χ1) is 7.19. The Labute approximate surface area is 94.1 Å². The van der Waals surface area contributed by atoms with E-state index in [0.29, 0.717) is 17.9 Å². The van der Waals surface area contributed by atoms with Gasteiger partial charge in [-0.05, 0) is 5.92 Å². The molecule has 0 amide bonds. The molecular formula is C10H12N2O2S. The fraction of sp³-hybridized carbons (Fsp3) is 0.400. The Hall–Kier alpha value is -1.41. The molecule has 1 rings (SSSR count).